The van der Waals surface area contributed by atoms with Crippen LogP contribution in [-0.2, 0) is 19.2 Å². The van der Waals surface area contributed by atoms with E-state index < -0.39 is 62.9 Å². The lowest BCUT2D eigenvalue weighted by molar-refractivity contribution is -0.125. The standard InChI is InChI=1S/C43H29Cl2FN2O6/c44-42-22-32-30(19-20-31-34(32)39(52)47(38(31)51)27-15-10-25(11-16-27)37(50)24-7-2-1-3-8-24)36(35-29-9-5-4-6-23(29)12-21-33(35)49)43(42,45)41(54)48(40(42)53)28-17-13-26(46)14-18-28/h1-19,21,31-32,34,36,49H,20,22H2. The van der Waals surface area contributed by atoms with Gasteiger partial charge < -0.3 is 5.11 Å². The van der Waals surface area contributed by atoms with E-state index in [4.69, 9.17) is 23.2 Å². The van der Waals surface area contributed by atoms with Crippen molar-refractivity contribution >= 4 is 74.8 Å². The minimum absolute atomic E-state index is 0.0593. The van der Waals surface area contributed by atoms with Gasteiger partial charge in [-0.3, -0.25) is 28.9 Å². The van der Waals surface area contributed by atoms with E-state index in [-0.39, 0.29) is 41.3 Å². The number of amides is 4. The smallest absolute Gasteiger partial charge is 0.258 e. The van der Waals surface area contributed by atoms with E-state index in [0.717, 1.165) is 27.3 Å². The van der Waals surface area contributed by atoms with Crippen LogP contribution in [0.3, 0.4) is 0 Å². The van der Waals surface area contributed by atoms with Crippen LogP contribution in [0.4, 0.5) is 15.8 Å². The van der Waals surface area contributed by atoms with Gasteiger partial charge in [0.25, 0.3) is 11.8 Å². The number of benzene rings is 5. The first-order valence-electron chi connectivity index (χ1n) is 17.5. The number of alkyl halides is 2. The highest BCUT2D eigenvalue weighted by Crippen LogP contribution is 2.67. The Labute approximate surface area is 318 Å². The first kappa shape index (κ1) is 34.1. The molecule has 6 atom stereocenters. The molecule has 5 aromatic rings. The number of ketones is 1. The number of anilines is 2. The summed E-state index contributed by atoms with van der Waals surface area (Å²) in [6.07, 6.45) is 1.65. The van der Waals surface area contributed by atoms with E-state index in [1.165, 1.54) is 18.2 Å². The van der Waals surface area contributed by atoms with Crippen molar-refractivity contribution in [1.82, 2.24) is 0 Å². The molecule has 54 heavy (non-hydrogen) atoms. The highest BCUT2D eigenvalue weighted by Gasteiger charge is 2.77. The number of aromatic hydroxyl groups is 1. The van der Waals surface area contributed by atoms with Crippen LogP contribution >= 0.6 is 23.2 Å². The second-order valence-corrected chi connectivity index (χ2v) is 15.5. The Hall–Kier alpha value is -5.64. The lowest BCUT2D eigenvalue weighted by atomic mass is 9.56. The number of phenols is 1. The fraction of sp³-hybridized carbons (Fsp3) is 0.186. The lowest BCUT2D eigenvalue weighted by Gasteiger charge is -2.51. The van der Waals surface area contributed by atoms with E-state index >= 15 is 0 Å². The molecule has 268 valence electrons. The number of phenolic OH excluding ortho intramolecular Hbond substituents is 1. The molecule has 2 aliphatic heterocycles. The molecule has 4 amide bonds. The molecule has 0 aromatic heterocycles. The SMILES string of the molecule is O=C(c1ccccc1)c1ccc(N2C(=O)C3CC=C4C(CC5(Cl)C(=O)N(c6ccc(F)cc6)C(=O)C5(Cl)C4c4c(O)ccc5ccccc45)C3C2=O)cc1. The second kappa shape index (κ2) is 12.2. The molecule has 2 heterocycles. The van der Waals surface area contributed by atoms with Crippen molar-refractivity contribution in [3.8, 4) is 5.75 Å². The molecule has 2 saturated heterocycles. The van der Waals surface area contributed by atoms with E-state index in [2.05, 4.69) is 0 Å². The Balaban J connectivity index is 1.17. The van der Waals surface area contributed by atoms with Crippen LogP contribution in [0.15, 0.2) is 127 Å². The van der Waals surface area contributed by atoms with Crippen LogP contribution in [0.1, 0.15) is 40.2 Å². The van der Waals surface area contributed by atoms with E-state index in [9.17, 15) is 33.5 Å². The molecule has 0 radical (unpaired) electrons. The summed E-state index contributed by atoms with van der Waals surface area (Å²) in [6.45, 7) is 0. The van der Waals surface area contributed by atoms with Gasteiger partial charge in [0, 0.05) is 22.6 Å². The Morgan fingerprint density at radius 1 is 0.704 bits per heavy atom. The predicted molar refractivity (Wildman–Crippen MR) is 201 cm³/mol. The second-order valence-electron chi connectivity index (χ2n) is 14.2. The Kier molecular flexibility index (Phi) is 7.71. The number of hydrogen-bond acceptors (Lipinski definition) is 6. The molecule has 1 saturated carbocycles. The molecule has 5 aromatic carbocycles. The summed E-state index contributed by atoms with van der Waals surface area (Å²) in [5.74, 6) is -7.51. The number of hydrogen-bond donors (Lipinski definition) is 1. The zero-order valence-corrected chi connectivity index (χ0v) is 29.8. The third-order valence-corrected chi connectivity index (χ3v) is 13.0. The minimum atomic E-state index is -2.21. The van der Waals surface area contributed by atoms with E-state index in [1.54, 1.807) is 72.8 Å². The quantitative estimate of drug-likeness (QED) is 0.0852. The number of nitrogens with zero attached hydrogens (tertiary/aromatic N) is 2. The van der Waals surface area contributed by atoms with Crippen LogP contribution in [-0.4, -0.2) is 44.3 Å². The van der Waals surface area contributed by atoms with Crippen molar-refractivity contribution in [3.05, 3.63) is 149 Å². The summed E-state index contributed by atoms with van der Waals surface area (Å²) in [4.78, 5) is 68.8. The van der Waals surface area contributed by atoms with Crippen molar-refractivity contribution in [2.45, 2.75) is 28.5 Å². The topological polar surface area (TPSA) is 112 Å². The summed E-state index contributed by atoms with van der Waals surface area (Å²) in [6, 6.07) is 30.2. The monoisotopic (exact) mass is 758 g/mol. The van der Waals surface area contributed by atoms with Crippen molar-refractivity contribution in [3.63, 3.8) is 0 Å². The van der Waals surface area contributed by atoms with Gasteiger partial charge in [-0.2, -0.15) is 0 Å². The predicted octanol–water partition coefficient (Wildman–Crippen LogP) is 7.68. The van der Waals surface area contributed by atoms with Crippen molar-refractivity contribution in [2.24, 2.45) is 17.8 Å². The summed E-state index contributed by atoms with van der Waals surface area (Å²) < 4.78 is 14.0. The third kappa shape index (κ3) is 4.64. The number of fused-ring (bicyclic) bond motifs is 5. The zero-order chi connectivity index (χ0) is 37.7. The molecular formula is C43H29Cl2FN2O6. The average Bonchev–Trinajstić information content (AvgIpc) is 3.53. The summed E-state index contributed by atoms with van der Waals surface area (Å²) >= 11 is 15.0. The molecular weight excluding hydrogens is 730 g/mol. The molecule has 2 aliphatic carbocycles. The number of rotatable bonds is 5. The number of allylic oxidation sites excluding steroid dienone is 2. The Morgan fingerprint density at radius 3 is 2.06 bits per heavy atom. The van der Waals surface area contributed by atoms with Gasteiger partial charge in [-0.1, -0.05) is 72.3 Å². The Morgan fingerprint density at radius 2 is 1.33 bits per heavy atom. The summed E-state index contributed by atoms with van der Waals surface area (Å²) in [5.41, 5.74) is 2.00. The molecule has 3 fully saturated rings. The van der Waals surface area contributed by atoms with Crippen LogP contribution in [0, 0.1) is 23.6 Å². The Bertz CT molecular complexity index is 2490. The van der Waals surface area contributed by atoms with Crippen LogP contribution in [0.5, 0.6) is 5.75 Å². The molecule has 1 N–H and O–H groups in total. The van der Waals surface area contributed by atoms with Gasteiger partial charge in [-0.05, 0) is 84.1 Å². The van der Waals surface area contributed by atoms with Gasteiger partial charge in [0.05, 0.1) is 23.2 Å². The normalized spacial score (nSPS) is 27.5. The lowest BCUT2D eigenvalue weighted by Crippen LogP contribution is -2.60. The van der Waals surface area contributed by atoms with Crippen LogP contribution < -0.4 is 9.80 Å². The van der Waals surface area contributed by atoms with Crippen molar-refractivity contribution in [1.29, 1.82) is 0 Å². The molecule has 11 heteroatoms. The van der Waals surface area contributed by atoms with Gasteiger partial charge >= 0.3 is 0 Å². The van der Waals surface area contributed by atoms with Crippen molar-refractivity contribution < 1.29 is 33.5 Å². The maximum atomic E-state index is 14.7. The van der Waals surface area contributed by atoms with Gasteiger partial charge in [0.1, 0.15) is 11.6 Å². The van der Waals surface area contributed by atoms with Gasteiger partial charge in [0.2, 0.25) is 11.8 Å². The highest BCUT2D eigenvalue weighted by atomic mass is 35.5. The van der Waals surface area contributed by atoms with Gasteiger partial charge in [-0.25, -0.2) is 9.29 Å². The number of halogens is 3. The first-order valence-corrected chi connectivity index (χ1v) is 18.2. The van der Waals surface area contributed by atoms with Crippen LogP contribution in [0.2, 0.25) is 0 Å². The van der Waals surface area contributed by atoms with Gasteiger partial charge in [0.15, 0.2) is 15.5 Å². The minimum Gasteiger partial charge on any atom is -0.508 e. The zero-order valence-electron chi connectivity index (χ0n) is 28.3. The number of carbonyl (C=O) groups is 5. The van der Waals surface area contributed by atoms with E-state index in [0.29, 0.717) is 22.1 Å². The highest BCUT2D eigenvalue weighted by molar-refractivity contribution is 6.58. The first-order chi connectivity index (χ1) is 26.0. The fourth-order valence-corrected chi connectivity index (χ4v) is 9.99. The fourth-order valence-electron chi connectivity index (χ4n) is 9.08. The molecule has 4 aliphatic rings. The maximum absolute atomic E-state index is 14.7. The van der Waals surface area contributed by atoms with Crippen LogP contribution in [0.25, 0.3) is 10.8 Å². The van der Waals surface area contributed by atoms with Crippen molar-refractivity contribution in [2.75, 3.05) is 9.80 Å². The number of carbonyl (C=O) groups excluding carboxylic acids is 5. The largest absolute Gasteiger partial charge is 0.508 e. The average molecular weight is 760 g/mol. The molecule has 6 unspecified atom stereocenters. The summed E-state index contributed by atoms with van der Waals surface area (Å²) in [7, 11) is 0. The maximum Gasteiger partial charge on any atom is 0.258 e. The molecule has 0 bridgehead atoms. The van der Waals surface area contributed by atoms with E-state index in [1.807, 2.05) is 18.2 Å². The molecule has 9 rings (SSSR count). The molecule has 0 spiro atoms. The molecule has 8 nitrogen and oxygen atoms in total. The third-order valence-electron chi connectivity index (χ3n) is 11.6. The summed E-state index contributed by atoms with van der Waals surface area (Å²) in [5, 5.41) is 12.9. The van der Waals surface area contributed by atoms with Gasteiger partial charge in [-0.15, -0.1) is 23.2 Å². The number of imide groups is 2.